The molecular formula is C19H24O2. The van der Waals surface area contributed by atoms with Crippen molar-refractivity contribution in [2.24, 2.45) is 23.7 Å². The number of carbonyl (C=O) groups is 1. The van der Waals surface area contributed by atoms with E-state index < -0.39 is 5.60 Å². The molecule has 2 nitrogen and oxygen atoms in total. The van der Waals surface area contributed by atoms with Crippen molar-refractivity contribution in [3.05, 3.63) is 48.0 Å². The molecule has 1 aromatic rings. The number of hydrogen-bond donors (Lipinski definition) is 0. The number of allylic oxidation sites excluding steroid dienone is 2. The molecule has 2 aliphatic rings. The van der Waals surface area contributed by atoms with Gasteiger partial charge in [-0.25, -0.2) is 0 Å². The first-order chi connectivity index (χ1) is 9.94. The SMILES string of the molecule is CC(C)(C)OC(=O)C1C2C=CC(C2)C1Cc1ccccc1. The van der Waals surface area contributed by atoms with Gasteiger partial charge in [0.05, 0.1) is 5.92 Å². The Bertz CT molecular complexity index is 538. The van der Waals surface area contributed by atoms with Crippen LogP contribution >= 0.6 is 0 Å². The maximum Gasteiger partial charge on any atom is 0.310 e. The van der Waals surface area contributed by atoms with Gasteiger partial charge in [-0.1, -0.05) is 42.5 Å². The summed E-state index contributed by atoms with van der Waals surface area (Å²) in [6.07, 6.45) is 6.61. The lowest BCUT2D eigenvalue weighted by atomic mass is 9.79. The average molecular weight is 284 g/mol. The van der Waals surface area contributed by atoms with Crippen molar-refractivity contribution >= 4 is 5.97 Å². The maximum absolute atomic E-state index is 12.6. The molecule has 0 saturated heterocycles. The van der Waals surface area contributed by atoms with E-state index >= 15 is 0 Å². The van der Waals surface area contributed by atoms with Crippen LogP contribution in [0.3, 0.4) is 0 Å². The first-order valence-corrected chi connectivity index (χ1v) is 7.89. The number of fused-ring (bicyclic) bond motifs is 2. The third kappa shape index (κ3) is 3.04. The minimum Gasteiger partial charge on any atom is -0.460 e. The van der Waals surface area contributed by atoms with Crippen LogP contribution in [0.4, 0.5) is 0 Å². The zero-order valence-electron chi connectivity index (χ0n) is 13.1. The van der Waals surface area contributed by atoms with Crippen LogP contribution in [-0.2, 0) is 16.0 Å². The van der Waals surface area contributed by atoms with E-state index in [0.717, 1.165) is 12.8 Å². The summed E-state index contributed by atoms with van der Waals surface area (Å²) in [7, 11) is 0. The van der Waals surface area contributed by atoms with Gasteiger partial charge in [0.25, 0.3) is 0 Å². The second kappa shape index (κ2) is 5.32. The Morgan fingerprint density at radius 3 is 2.48 bits per heavy atom. The quantitative estimate of drug-likeness (QED) is 0.619. The zero-order chi connectivity index (χ0) is 15.0. The average Bonchev–Trinajstić information content (AvgIpc) is 2.98. The molecule has 2 bridgehead atoms. The van der Waals surface area contributed by atoms with Crippen molar-refractivity contribution in [3.8, 4) is 0 Å². The van der Waals surface area contributed by atoms with E-state index in [1.165, 1.54) is 5.56 Å². The van der Waals surface area contributed by atoms with Crippen LogP contribution < -0.4 is 0 Å². The van der Waals surface area contributed by atoms with Gasteiger partial charge in [-0.05, 0) is 56.9 Å². The summed E-state index contributed by atoms with van der Waals surface area (Å²) in [4.78, 5) is 12.6. The van der Waals surface area contributed by atoms with Gasteiger partial charge in [0.2, 0.25) is 0 Å². The van der Waals surface area contributed by atoms with E-state index in [4.69, 9.17) is 4.74 Å². The van der Waals surface area contributed by atoms with Crippen molar-refractivity contribution in [3.63, 3.8) is 0 Å². The largest absolute Gasteiger partial charge is 0.460 e. The Labute approximate surface area is 127 Å². The van der Waals surface area contributed by atoms with Crippen LogP contribution in [0.5, 0.6) is 0 Å². The first-order valence-electron chi connectivity index (χ1n) is 7.89. The third-order valence-corrected chi connectivity index (χ3v) is 4.62. The highest BCUT2D eigenvalue weighted by Gasteiger charge is 2.49. The molecular weight excluding hydrogens is 260 g/mol. The van der Waals surface area contributed by atoms with Crippen molar-refractivity contribution in [1.29, 1.82) is 0 Å². The van der Waals surface area contributed by atoms with E-state index in [1.54, 1.807) is 0 Å². The van der Waals surface area contributed by atoms with Crippen molar-refractivity contribution in [2.75, 3.05) is 0 Å². The molecule has 1 saturated carbocycles. The van der Waals surface area contributed by atoms with Gasteiger partial charge in [0.15, 0.2) is 0 Å². The van der Waals surface area contributed by atoms with Gasteiger partial charge in [-0.2, -0.15) is 0 Å². The molecule has 0 heterocycles. The second-order valence-corrected chi connectivity index (χ2v) is 7.36. The molecule has 2 heteroatoms. The molecule has 4 unspecified atom stereocenters. The summed E-state index contributed by atoms with van der Waals surface area (Å²) in [5.74, 6) is 1.31. The molecule has 2 aliphatic carbocycles. The van der Waals surface area contributed by atoms with Gasteiger partial charge in [0, 0.05) is 0 Å². The van der Waals surface area contributed by atoms with Crippen LogP contribution in [0.2, 0.25) is 0 Å². The van der Waals surface area contributed by atoms with Crippen molar-refractivity contribution in [2.45, 2.75) is 39.2 Å². The summed E-state index contributed by atoms with van der Waals surface area (Å²) in [5, 5.41) is 0. The molecule has 4 atom stereocenters. The van der Waals surface area contributed by atoms with E-state index in [0.29, 0.717) is 17.8 Å². The summed E-state index contributed by atoms with van der Waals surface area (Å²) in [5.41, 5.74) is 0.914. The van der Waals surface area contributed by atoms with Crippen molar-refractivity contribution < 1.29 is 9.53 Å². The van der Waals surface area contributed by atoms with Gasteiger partial charge in [-0.3, -0.25) is 4.79 Å². The minimum absolute atomic E-state index is 0.0136. The van der Waals surface area contributed by atoms with Gasteiger partial charge < -0.3 is 4.74 Å². The Balaban J connectivity index is 1.78. The van der Waals surface area contributed by atoms with Gasteiger partial charge in [0.1, 0.15) is 5.60 Å². The van der Waals surface area contributed by atoms with Crippen LogP contribution in [0.25, 0.3) is 0 Å². The molecule has 0 aromatic heterocycles. The Morgan fingerprint density at radius 1 is 1.14 bits per heavy atom. The van der Waals surface area contributed by atoms with Crippen LogP contribution in [0.1, 0.15) is 32.8 Å². The van der Waals surface area contributed by atoms with E-state index in [2.05, 4.69) is 36.4 Å². The van der Waals surface area contributed by atoms with E-state index in [9.17, 15) is 4.79 Å². The summed E-state index contributed by atoms with van der Waals surface area (Å²) >= 11 is 0. The molecule has 112 valence electrons. The highest BCUT2D eigenvalue weighted by Crippen LogP contribution is 2.50. The van der Waals surface area contributed by atoms with Gasteiger partial charge >= 0.3 is 5.97 Å². The topological polar surface area (TPSA) is 26.3 Å². The number of carbonyl (C=O) groups excluding carboxylic acids is 1. The molecule has 21 heavy (non-hydrogen) atoms. The third-order valence-electron chi connectivity index (χ3n) is 4.62. The Morgan fingerprint density at radius 2 is 1.81 bits per heavy atom. The zero-order valence-corrected chi connectivity index (χ0v) is 13.1. The van der Waals surface area contributed by atoms with Crippen LogP contribution in [0, 0.1) is 23.7 Å². The maximum atomic E-state index is 12.6. The normalized spacial score (nSPS) is 30.6. The molecule has 0 aliphatic heterocycles. The highest BCUT2D eigenvalue weighted by atomic mass is 16.6. The molecule has 1 aromatic carbocycles. The van der Waals surface area contributed by atoms with Gasteiger partial charge in [-0.15, -0.1) is 0 Å². The second-order valence-electron chi connectivity index (χ2n) is 7.36. The number of rotatable bonds is 3. The molecule has 1 fully saturated rings. The smallest absolute Gasteiger partial charge is 0.310 e. The standard InChI is InChI=1S/C19H24O2/c1-19(2,3)21-18(20)17-15-10-9-14(12-15)16(17)11-13-7-5-4-6-8-13/h4-10,14-17H,11-12H2,1-3H3. The lowest BCUT2D eigenvalue weighted by Gasteiger charge is -2.30. The fourth-order valence-electron chi connectivity index (χ4n) is 3.81. The lowest BCUT2D eigenvalue weighted by molar-refractivity contribution is -0.162. The molecule has 0 radical (unpaired) electrons. The van der Waals surface area contributed by atoms with Crippen LogP contribution in [0.15, 0.2) is 42.5 Å². The Kier molecular flexibility index (Phi) is 3.64. The number of esters is 1. The summed E-state index contributed by atoms with van der Waals surface area (Å²) < 4.78 is 5.67. The number of ether oxygens (including phenoxy) is 1. The minimum atomic E-state index is -0.403. The van der Waals surface area contributed by atoms with Crippen LogP contribution in [-0.4, -0.2) is 11.6 Å². The molecule has 0 spiro atoms. The number of hydrogen-bond acceptors (Lipinski definition) is 2. The van der Waals surface area contributed by atoms with E-state index in [1.807, 2.05) is 26.8 Å². The molecule has 0 amide bonds. The fourth-order valence-corrected chi connectivity index (χ4v) is 3.81. The number of benzene rings is 1. The van der Waals surface area contributed by atoms with E-state index in [-0.39, 0.29) is 11.9 Å². The highest BCUT2D eigenvalue weighted by molar-refractivity contribution is 5.75. The molecule has 0 N–H and O–H groups in total. The fraction of sp³-hybridized carbons (Fsp3) is 0.526. The predicted molar refractivity (Wildman–Crippen MR) is 83.7 cm³/mol. The predicted octanol–water partition coefficient (Wildman–Crippen LogP) is 4.01. The Hall–Kier alpha value is -1.57. The van der Waals surface area contributed by atoms with Crippen molar-refractivity contribution in [1.82, 2.24) is 0 Å². The lowest BCUT2D eigenvalue weighted by Crippen LogP contribution is -2.35. The monoisotopic (exact) mass is 284 g/mol. The first kappa shape index (κ1) is 14.4. The summed E-state index contributed by atoms with van der Waals surface area (Å²) in [6.45, 7) is 5.83. The molecule has 3 rings (SSSR count). The summed E-state index contributed by atoms with van der Waals surface area (Å²) in [6, 6.07) is 10.5.